The maximum Gasteiger partial charge on any atom is 0.336 e. The fourth-order valence-corrected chi connectivity index (χ4v) is 3.54. The third-order valence-corrected chi connectivity index (χ3v) is 5.47. The van der Waals surface area contributed by atoms with Gasteiger partial charge in [0.15, 0.2) is 0 Å². The van der Waals surface area contributed by atoms with Gasteiger partial charge in [-0.25, -0.2) is 9.59 Å². The molecule has 1 atom stereocenters. The van der Waals surface area contributed by atoms with E-state index in [1.54, 1.807) is 16.7 Å². The van der Waals surface area contributed by atoms with Crippen molar-refractivity contribution < 1.29 is 9.90 Å². The van der Waals surface area contributed by atoms with Gasteiger partial charge in [0.05, 0.1) is 12.1 Å². The third-order valence-electron chi connectivity index (χ3n) is 5.47. The number of aromatic carboxylic acids is 1. The highest BCUT2D eigenvalue weighted by atomic mass is 16.4. The van der Waals surface area contributed by atoms with Gasteiger partial charge in [-0.3, -0.25) is 9.13 Å². The molecule has 2 aromatic carbocycles. The summed E-state index contributed by atoms with van der Waals surface area (Å²) in [5.74, 6) is -0.645. The van der Waals surface area contributed by atoms with Crippen LogP contribution in [0.15, 0.2) is 59.5 Å². The smallest absolute Gasteiger partial charge is 0.336 e. The molecular weight excluding hydrogens is 364 g/mol. The van der Waals surface area contributed by atoms with E-state index in [4.69, 9.17) is 0 Å². The molecule has 0 spiro atoms. The van der Waals surface area contributed by atoms with Crippen molar-refractivity contribution in [2.75, 3.05) is 0 Å². The minimum atomic E-state index is -0.940. The van der Waals surface area contributed by atoms with E-state index in [-0.39, 0.29) is 17.3 Å². The lowest BCUT2D eigenvalue weighted by Crippen LogP contribution is -2.26. The Hall–Kier alpha value is -3.08. The van der Waals surface area contributed by atoms with Crippen LogP contribution in [0.25, 0.3) is 11.1 Å². The SMILES string of the molecule is CCC(C)c1cn(C(C)C)c(=O)n1Cc1ccc(-c2ccccc2C(=O)O)cc1. The van der Waals surface area contributed by atoms with E-state index in [1.807, 2.05) is 61.0 Å². The molecule has 0 aliphatic carbocycles. The normalized spacial score (nSPS) is 12.3. The molecular formula is C24H28N2O3. The highest BCUT2D eigenvalue weighted by molar-refractivity contribution is 5.95. The zero-order valence-corrected chi connectivity index (χ0v) is 17.4. The number of hydrogen-bond acceptors (Lipinski definition) is 2. The van der Waals surface area contributed by atoms with Crippen LogP contribution in [-0.4, -0.2) is 20.2 Å². The van der Waals surface area contributed by atoms with E-state index in [9.17, 15) is 14.7 Å². The Bertz CT molecular complexity index is 1060. The first-order valence-electron chi connectivity index (χ1n) is 10.1. The van der Waals surface area contributed by atoms with Gasteiger partial charge in [0.1, 0.15) is 0 Å². The molecule has 0 saturated heterocycles. The summed E-state index contributed by atoms with van der Waals surface area (Å²) in [7, 11) is 0. The number of carboxylic acids is 1. The Morgan fingerprint density at radius 1 is 1.03 bits per heavy atom. The molecule has 3 aromatic rings. The maximum absolute atomic E-state index is 12.9. The van der Waals surface area contributed by atoms with E-state index < -0.39 is 5.97 Å². The van der Waals surface area contributed by atoms with Gasteiger partial charge in [0, 0.05) is 17.9 Å². The molecule has 0 radical (unpaired) electrons. The highest BCUT2D eigenvalue weighted by Crippen LogP contribution is 2.25. The van der Waals surface area contributed by atoms with Crippen LogP contribution in [0.3, 0.4) is 0 Å². The minimum absolute atomic E-state index is 0.00981. The lowest BCUT2D eigenvalue weighted by atomic mass is 9.98. The van der Waals surface area contributed by atoms with Crippen molar-refractivity contribution in [3.05, 3.63) is 82.0 Å². The Labute approximate surface area is 171 Å². The Morgan fingerprint density at radius 3 is 2.28 bits per heavy atom. The van der Waals surface area contributed by atoms with Gasteiger partial charge >= 0.3 is 11.7 Å². The number of carboxylic acid groups (broad SMARTS) is 1. The van der Waals surface area contributed by atoms with Gasteiger partial charge in [-0.15, -0.1) is 0 Å². The number of aromatic nitrogens is 2. The van der Waals surface area contributed by atoms with Gasteiger partial charge < -0.3 is 5.11 Å². The van der Waals surface area contributed by atoms with E-state index in [2.05, 4.69) is 13.8 Å². The summed E-state index contributed by atoms with van der Waals surface area (Å²) in [5, 5.41) is 9.42. The number of hydrogen-bond donors (Lipinski definition) is 1. The zero-order chi connectivity index (χ0) is 21.1. The summed E-state index contributed by atoms with van der Waals surface area (Å²) in [6.07, 6.45) is 2.95. The van der Waals surface area contributed by atoms with Crippen molar-refractivity contribution in [2.24, 2.45) is 0 Å². The first-order chi connectivity index (χ1) is 13.8. The third kappa shape index (κ3) is 4.19. The van der Waals surface area contributed by atoms with Gasteiger partial charge in [-0.05, 0) is 48.9 Å². The molecule has 0 saturated carbocycles. The molecule has 0 bridgehead atoms. The summed E-state index contributed by atoms with van der Waals surface area (Å²) >= 11 is 0. The number of imidazole rings is 1. The molecule has 1 heterocycles. The van der Waals surface area contributed by atoms with Gasteiger partial charge in [0.25, 0.3) is 0 Å². The number of nitrogens with zero attached hydrogens (tertiary/aromatic N) is 2. The van der Waals surface area contributed by atoms with Crippen LogP contribution < -0.4 is 5.69 Å². The van der Waals surface area contributed by atoms with E-state index >= 15 is 0 Å². The van der Waals surface area contributed by atoms with E-state index in [1.165, 1.54) is 0 Å². The zero-order valence-electron chi connectivity index (χ0n) is 17.4. The van der Waals surface area contributed by atoms with Crippen molar-refractivity contribution in [1.82, 2.24) is 9.13 Å². The largest absolute Gasteiger partial charge is 0.478 e. The van der Waals surface area contributed by atoms with Gasteiger partial charge in [-0.2, -0.15) is 0 Å². The second-order valence-corrected chi connectivity index (χ2v) is 7.78. The lowest BCUT2D eigenvalue weighted by Gasteiger charge is -2.13. The molecule has 152 valence electrons. The molecule has 1 unspecified atom stereocenters. The Balaban J connectivity index is 1.95. The van der Waals surface area contributed by atoms with E-state index in [0.29, 0.717) is 18.0 Å². The van der Waals surface area contributed by atoms with Gasteiger partial charge in [-0.1, -0.05) is 56.3 Å². The standard InChI is InChI=1S/C24H28N2O3/c1-5-17(4)22-15-25(16(2)3)24(29)26(22)14-18-10-12-19(13-11-18)20-8-6-7-9-21(20)23(27)28/h6-13,15-17H,5,14H2,1-4H3,(H,27,28). The van der Waals surface area contributed by atoms with Gasteiger partial charge in [0.2, 0.25) is 0 Å². The summed E-state index contributed by atoms with van der Waals surface area (Å²) in [6.45, 7) is 8.80. The fourth-order valence-electron chi connectivity index (χ4n) is 3.54. The fraction of sp³-hybridized carbons (Fsp3) is 0.333. The summed E-state index contributed by atoms with van der Waals surface area (Å²) < 4.78 is 3.65. The van der Waals surface area contributed by atoms with Crippen LogP contribution in [0.5, 0.6) is 0 Å². The topological polar surface area (TPSA) is 64.2 Å². The molecule has 29 heavy (non-hydrogen) atoms. The molecule has 0 aliphatic rings. The predicted octanol–water partition coefficient (Wildman–Crippen LogP) is 5.16. The number of rotatable bonds is 7. The quantitative estimate of drug-likeness (QED) is 0.604. The highest BCUT2D eigenvalue weighted by Gasteiger charge is 2.17. The van der Waals surface area contributed by atoms with Crippen molar-refractivity contribution >= 4 is 5.97 Å². The van der Waals surface area contributed by atoms with Crippen molar-refractivity contribution in [3.63, 3.8) is 0 Å². The Kier molecular flexibility index (Phi) is 6.06. The monoisotopic (exact) mass is 392 g/mol. The summed E-state index contributed by atoms with van der Waals surface area (Å²) in [6, 6.07) is 14.9. The average molecular weight is 392 g/mol. The summed E-state index contributed by atoms with van der Waals surface area (Å²) in [4.78, 5) is 24.4. The predicted molar refractivity (Wildman–Crippen MR) is 116 cm³/mol. The van der Waals surface area contributed by atoms with E-state index in [0.717, 1.165) is 23.2 Å². The second kappa shape index (κ2) is 8.52. The Morgan fingerprint density at radius 2 is 1.69 bits per heavy atom. The van der Waals surface area contributed by atoms with Crippen LogP contribution in [0, 0.1) is 0 Å². The first-order valence-corrected chi connectivity index (χ1v) is 10.1. The van der Waals surface area contributed by atoms with Crippen molar-refractivity contribution in [2.45, 2.75) is 52.6 Å². The molecule has 1 N–H and O–H groups in total. The summed E-state index contributed by atoms with van der Waals surface area (Å²) in [5.41, 5.74) is 3.89. The minimum Gasteiger partial charge on any atom is -0.478 e. The van der Waals surface area contributed by atoms with Crippen molar-refractivity contribution in [1.29, 1.82) is 0 Å². The van der Waals surface area contributed by atoms with Crippen LogP contribution in [-0.2, 0) is 6.54 Å². The van der Waals surface area contributed by atoms with Crippen LogP contribution in [0.2, 0.25) is 0 Å². The maximum atomic E-state index is 12.9. The lowest BCUT2D eigenvalue weighted by molar-refractivity contribution is 0.0697. The first kappa shape index (κ1) is 20.6. The molecule has 0 fully saturated rings. The average Bonchev–Trinajstić information content (AvgIpc) is 3.04. The van der Waals surface area contributed by atoms with Crippen molar-refractivity contribution in [3.8, 4) is 11.1 Å². The van der Waals surface area contributed by atoms with Crippen LogP contribution >= 0.6 is 0 Å². The van der Waals surface area contributed by atoms with Crippen LogP contribution in [0.4, 0.5) is 0 Å². The molecule has 1 aromatic heterocycles. The molecule has 5 heteroatoms. The molecule has 3 rings (SSSR count). The number of benzene rings is 2. The van der Waals surface area contributed by atoms with Crippen LogP contribution in [0.1, 0.15) is 67.7 Å². The second-order valence-electron chi connectivity index (χ2n) is 7.78. The molecule has 5 nitrogen and oxygen atoms in total. The number of carbonyl (C=O) groups is 1. The molecule has 0 aliphatic heterocycles. The molecule has 0 amide bonds.